The minimum Gasteiger partial charge on any atom is -0.364 e. The van der Waals surface area contributed by atoms with Crippen molar-refractivity contribution in [3.8, 4) is 0 Å². The number of aryl methyl sites for hydroxylation is 1. The van der Waals surface area contributed by atoms with Crippen molar-refractivity contribution < 1.29 is 0 Å². The molecule has 0 aliphatic heterocycles. The third-order valence-electron chi connectivity index (χ3n) is 1.75. The van der Waals surface area contributed by atoms with Crippen LogP contribution < -0.4 is 5.43 Å². The standard InChI is InChI=1S/C9H13NO/c1-6(2)8-4-9(11)7(3)5-10-8/h4-6H,1-3H3,(H,10,11). The Hall–Kier alpha value is -1.05. The Morgan fingerprint density at radius 2 is 2.09 bits per heavy atom. The minimum absolute atomic E-state index is 0.118. The number of aromatic amines is 1. The normalized spacial score (nSPS) is 10.5. The monoisotopic (exact) mass is 151 g/mol. The van der Waals surface area contributed by atoms with E-state index in [4.69, 9.17) is 0 Å². The number of H-pyrrole nitrogens is 1. The highest BCUT2D eigenvalue weighted by Crippen LogP contribution is 2.07. The molecule has 1 N–H and O–H groups in total. The van der Waals surface area contributed by atoms with Crippen molar-refractivity contribution in [1.29, 1.82) is 0 Å². The fraction of sp³-hybridized carbons (Fsp3) is 0.444. The van der Waals surface area contributed by atoms with Gasteiger partial charge in [-0.15, -0.1) is 0 Å². The second-order valence-electron chi connectivity index (χ2n) is 3.09. The quantitative estimate of drug-likeness (QED) is 0.652. The van der Waals surface area contributed by atoms with Gasteiger partial charge in [-0.05, 0) is 12.8 Å². The fourth-order valence-electron chi connectivity index (χ4n) is 0.893. The number of nitrogens with one attached hydrogen (secondary N) is 1. The molecule has 2 heteroatoms. The van der Waals surface area contributed by atoms with Crippen LogP contribution in [0.5, 0.6) is 0 Å². The molecule has 0 aliphatic carbocycles. The molecule has 0 amide bonds. The average molecular weight is 151 g/mol. The molecule has 11 heavy (non-hydrogen) atoms. The van der Waals surface area contributed by atoms with Crippen LogP contribution in [0.3, 0.4) is 0 Å². The highest BCUT2D eigenvalue weighted by atomic mass is 16.1. The fourth-order valence-corrected chi connectivity index (χ4v) is 0.893. The molecule has 0 spiro atoms. The first-order chi connectivity index (χ1) is 5.11. The Morgan fingerprint density at radius 1 is 1.45 bits per heavy atom. The van der Waals surface area contributed by atoms with Crippen LogP contribution in [-0.4, -0.2) is 4.98 Å². The molecule has 1 heterocycles. The van der Waals surface area contributed by atoms with Gasteiger partial charge in [0.25, 0.3) is 0 Å². The lowest BCUT2D eigenvalue weighted by Gasteiger charge is -2.03. The van der Waals surface area contributed by atoms with Crippen LogP contribution in [0.4, 0.5) is 0 Å². The molecular weight excluding hydrogens is 138 g/mol. The average Bonchev–Trinajstić information content (AvgIpc) is 1.94. The van der Waals surface area contributed by atoms with Gasteiger partial charge >= 0.3 is 0 Å². The smallest absolute Gasteiger partial charge is 0.184 e. The van der Waals surface area contributed by atoms with Crippen LogP contribution in [0.15, 0.2) is 17.1 Å². The summed E-state index contributed by atoms with van der Waals surface area (Å²) < 4.78 is 0. The molecule has 0 aromatic carbocycles. The SMILES string of the molecule is Cc1c[nH]c(C(C)C)cc1=O. The largest absolute Gasteiger partial charge is 0.364 e. The Labute approximate surface area is 66.3 Å². The first kappa shape index (κ1) is 8.05. The lowest BCUT2D eigenvalue weighted by molar-refractivity contribution is 0.818. The molecule has 1 aromatic heterocycles. The van der Waals surface area contributed by atoms with Crippen molar-refractivity contribution >= 4 is 0 Å². The molecule has 1 aromatic rings. The lowest BCUT2D eigenvalue weighted by atomic mass is 10.1. The predicted molar refractivity (Wildman–Crippen MR) is 45.9 cm³/mol. The zero-order valence-electron chi connectivity index (χ0n) is 7.14. The predicted octanol–water partition coefficient (Wildman–Crippen LogP) is 1.81. The number of pyridine rings is 1. The number of hydrogen-bond acceptors (Lipinski definition) is 1. The summed E-state index contributed by atoms with van der Waals surface area (Å²) in [6, 6.07) is 1.67. The zero-order chi connectivity index (χ0) is 8.43. The third-order valence-corrected chi connectivity index (χ3v) is 1.75. The van der Waals surface area contributed by atoms with Gasteiger partial charge in [0.05, 0.1) is 0 Å². The molecule has 0 saturated carbocycles. The van der Waals surface area contributed by atoms with Crippen molar-refractivity contribution in [3.63, 3.8) is 0 Å². The molecular formula is C9H13NO. The van der Waals surface area contributed by atoms with Crippen molar-refractivity contribution in [3.05, 3.63) is 33.7 Å². The van der Waals surface area contributed by atoms with Gasteiger partial charge in [0.1, 0.15) is 0 Å². The number of hydrogen-bond donors (Lipinski definition) is 1. The lowest BCUT2D eigenvalue weighted by Crippen LogP contribution is -2.07. The molecule has 60 valence electrons. The molecule has 0 aliphatic rings. The van der Waals surface area contributed by atoms with E-state index in [-0.39, 0.29) is 5.43 Å². The maximum absolute atomic E-state index is 11.1. The van der Waals surface area contributed by atoms with E-state index < -0.39 is 0 Å². The van der Waals surface area contributed by atoms with Crippen LogP contribution in [-0.2, 0) is 0 Å². The molecule has 2 nitrogen and oxygen atoms in total. The van der Waals surface area contributed by atoms with Crippen molar-refractivity contribution in [2.24, 2.45) is 0 Å². The van der Waals surface area contributed by atoms with E-state index in [1.165, 1.54) is 0 Å². The van der Waals surface area contributed by atoms with E-state index in [0.717, 1.165) is 11.3 Å². The molecule has 1 rings (SSSR count). The van der Waals surface area contributed by atoms with Crippen molar-refractivity contribution in [1.82, 2.24) is 4.98 Å². The van der Waals surface area contributed by atoms with E-state index >= 15 is 0 Å². The second kappa shape index (κ2) is 2.91. The van der Waals surface area contributed by atoms with E-state index in [2.05, 4.69) is 18.8 Å². The number of rotatable bonds is 1. The summed E-state index contributed by atoms with van der Waals surface area (Å²) in [7, 11) is 0. The zero-order valence-corrected chi connectivity index (χ0v) is 7.14. The Kier molecular flexibility index (Phi) is 2.13. The van der Waals surface area contributed by atoms with Crippen LogP contribution in [0.2, 0.25) is 0 Å². The minimum atomic E-state index is 0.118. The first-order valence-corrected chi connectivity index (χ1v) is 3.80. The van der Waals surface area contributed by atoms with Crippen LogP contribution in [0, 0.1) is 6.92 Å². The van der Waals surface area contributed by atoms with Gasteiger partial charge in [0.15, 0.2) is 5.43 Å². The van der Waals surface area contributed by atoms with Crippen LogP contribution in [0.1, 0.15) is 31.0 Å². The van der Waals surface area contributed by atoms with Gasteiger partial charge in [-0.25, -0.2) is 0 Å². The van der Waals surface area contributed by atoms with Crippen LogP contribution >= 0.6 is 0 Å². The summed E-state index contributed by atoms with van der Waals surface area (Å²) >= 11 is 0. The van der Waals surface area contributed by atoms with Crippen molar-refractivity contribution in [2.45, 2.75) is 26.7 Å². The van der Waals surface area contributed by atoms with E-state index in [1.54, 1.807) is 12.3 Å². The van der Waals surface area contributed by atoms with Gasteiger partial charge < -0.3 is 4.98 Å². The maximum atomic E-state index is 11.1. The summed E-state index contributed by atoms with van der Waals surface area (Å²) in [5.74, 6) is 0.392. The highest BCUT2D eigenvalue weighted by molar-refractivity contribution is 5.14. The maximum Gasteiger partial charge on any atom is 0.184 e. The number of aromatic nitrogens is 1. The van der Waals surface area contributed by atoms with Gasteiger partial charge in [0.2, 0.25) is 0 Å². The Balaban J connectivity index is 3.16. The van der Waals surface area contributed by atoms with E-state index in [0.29, 0.717) is 5.92 Å². The topological polar surface area (TPSA) is 32.9 Å². The third kappa shape index (κ3) is 1.70. The molecule has 0 atom stereocenters. The van der Waals surface area contributed by atoms with Gasteiger partial charge in [-0.3, -0.25) is 4.79 Å². The van der Waals surface area contributed by atoms with Crippen LogP contribution in [0.25, 0.3) is 0 Å². The summed E-state index contributed by atoms with van der Waals surface area (Å²) in [6.45, 7) is 5.92. The molecule has 0 saturated heterocycles. The second-order valence-corrected chi connectivity index (χ2v) is 3.09. The summed E-state index contributed by atoms with van der Waals surface area (Å²) in [5, 5.41) is 0. The molecule has 0 radical (unpaired) electrons. The van der Waals surface area contributed by atoms with E-state index in [1.807, 2.05) is 6.92 Å². The summed E-state index contributed by atoms with van der Waals surface area (Å²) in [4.78, 5) is 14.2. The van der Waals surface area contributed by atoms with E-state index in [9.17, 15) is 4.79 Å². The summed E-state index contributed by atoms with van der Waals surface area (Å²) in [6.07, 6.45) is 1.76. The molecule has 0 bridgehead atoms. The van der Waals surface area contributed by atoms with Crippen molar-refractivity contribution in [2.75, 3.05) is 0 Å². The molecule has 0 unspecified atom stereocenters. The highest BCUT2D eigenvalue weighted by Gasteiger charge is 2.00. The van der Waals surface area contributed by atoms with Gasteiger partial charge in [-0.2, -0.15) is 0 Å². The van der Waals surface area contributed by atoms with Gasteiger partial charge in [0, 0.05) is 23.5 Å². The Morgan fingerprint density at radius 3 is 2.55 bits per heavy atom. The Bertz CT molecular complexity index is 299. The van der Waals surface area contributed by atoms with Gasteiger partial charge in [-0.1, -0.05) is 13.8 Å². The summed E-state index contributed by atoms with van der Waals surface area (Å²) in [5.41, 5.74) is 1.89. The molecule has 0 fully saturated rings. The first-order valence-electron chi connectivity index (χ1n) is 3.80.